The molecule has 0 aliphatic carbocycles. The zero-order valence-electron chi connectivity index (χ0n) is 10.6. The van der Waals surface area contributed by atoms with Gasteiger partial charge in [0.1, 0.15) is 11.5 Å². The van der Waals surface area contributed by atoms with E-state index in [1.54, 1.807) is 24.3 Å². The lowest BCUT2D eigenvalue weighted by Gasteiger charge is -2.14. The number of alkyl halides is 3. The monoisotopic (exact) mass is 283 g/mol. The molecule has 0 saturated heterocycles. The van der Waals surface area contributed by atoms with Crippen molar-refractivity contribution in [2.75, 3.05) is 12.8 Å². The van der Waals surface area contributed by atoms with Gasteiger partial charge in [0.05, 0.1) is 7.11 Å². The molecule has 0 amide bonds. The molecular weight excluding hydrogens is 271 g/mol. The Morgan fingerprint density at radius 2 is 1.70 bits per heavy atom. The molecule has 2 N–H and O–H groups in total. The zero-order chi connectivity index (χ0) is 14.8. The van der Waals surface area contributed by atoms with Crippen molar-refractivity contribution in [3.8, 4) is 22.6 Å². The number of para-hydroxylation sites is 1. The standard InChI is InChI=1S/C14H12F3NO2/c1-19-13-8-9(20-14(15,16)17)6-7-11(13)10-4-2-3-5-12(10)18/h2-8H,18H2,1H3. The summed E-state index contributed by atoms with van der Waals surface area (Å²) >= 11 is 0. The first-order chi connectivity index (χ1) is 9.40. The van der Waals surface area contributed by atoms with Crippen LogP contribution in [-0.4, -0.2) is 13.5 Å². The first-order valence-corrected chi connectivity index (χ1v) is 5.69. The molecule has 0 aliphatic rings. The Labute approximate surface area is 113 Å². The van der Waals surface area contributed by atoms with E-state index in [1.807, 2.05) is 0 Å². The number of nitrogen functional groups attached to an aromatic ring is 1. The van der Waals surface area contributed by atoms with Crippen LogP contribution in [0.4, 0.5) is 18.9 Å². The van der Waals surface area contributed by atoms with Gasteiger partial charge in [-0.1, -0.05) is 18.2 Å². The molecule has 0 saturated carbocycles. The van der Waals surface area contributed by atoms with E-state index in [0.717, 1.165) is 0 Å². The quantitative estimate of drug-likeness (QED) is 0.870. The molecule has 0 unspecified atom stereocenters. The van der Waals surface area contributed by atoms with Gasteiger partial charge in [-0.3, -0.25) is 0 Å². The fourth-order valence-electron chi connectivity index (χ4n) is 1.83. The van der Waals surface area contributed by atoms with Crippen molar-refractivity contribution in [2.24, 2.45) is 0 Å². The van der Waals surface area contributed by atoms with Gasteiger partial charge in [-0.2, -0.15) is 0 Å². The molecular formula is C14H12F3NO2. The van der Waals surface area contributed by atoms with Gasteiger partial charge < -0.3 is 15.2 Å². The van der Waals surface area contributed by atoms with Crippen molar-refractivity contribution in [3.05, 3.63) is 42.5 Å². The number of nitrogens with two attached hydrogens (primary N) is 1. The molecule has 6 heteroatoms. The Bertz CT molecular complexity index is 612. The number of benzene rings is 2. The highest BCUT2D eigenvalue weighted by Crippen LogP contribution is 2.37. The summed E-state index contributed by atoms with van der Waals surface area (Å²) in [5.41, 5.74) is 7.64. The van der Waals surface area contributed by atoms with Crippen molar-refractivity contribution >= 4 is 5.69 Å². The maximum atomic E-state index is 12.2. The lowest BCUT2D eigenvalue weighted by Crippen LogP contribution is -2.17. The minimum Gasteiger partial charge on any atom is -0.496 e. The summed E-state index contributed by atoms with van der Waals surface area (Å²) in [6, 6.07) is 10.9. The van der Waals surface area contributed by atoms with Gasteiger partial charge >= 0.3 is 6.36 Å². The van der Waals surface area contributed by atoms with E-state index in [4.69, 9.17) is 10.5 Å². The van der Waals surface area contributed by atoms with Crippen molar-refractivity contribution in [2.45, 2.75) is 6.36 Å². The van der Waals surface area contributed by atoms with Gasteiger partial charge in [0, 0.05) is 22.9 Å². The third-order valence-corrected chi connectivity index (χ3v) is 2.66. The largest absolute Gasteiger partial charge is 0.573 e. The molecule has 20 heavy (non-hydrogen) atoms. The van der Waals surface area contributed by atoms with Crippen LogP contribution >= 0.6 is 0 Å². The molecule has 2 aromatic carbocycles. The molecule has 0 spiro atoms. The number of anilines is 1. The van der Waals surface area contributed by atoms with Crippen LogP contribution in [-0.2, 0) is 0 Å². The van der Waals surface area contributed by atoms with E-state index < -0.39 is 6.36 Å². The van der Waals surface area contributed by atoms with Crippen LogP contribution in [0.1, 0.15) is 0 Å². The molecule has 3 nitrogen and oxygen atoms in total. The fourth-order valence-corrected chi connectivity index (χ4v) is 1.83. The lowest BCUT2D eigenvalue weighted by atomic mass is 10.0. The fraction of sp³-hybridized carbons (Fsp3) is 0.143. The van der Waals surface area contributed by atoms with Crippen LogP contribution in [0.2, 0.25) is 0 Å². The van der Waals surface area contributed by atoms with Gasteiger partial charge in [-0.25, -0.2) is 0 Å². The maximum Gasteiger partial charge on any atom is 0.573 e. The van der Waals surface area contributed by atoms with Crippen LogP contribution in [0.25, 0.3) is 11.1 Å². The zero-order valence-corrected chi connectivity index (χ0v) is 10.6. The molecule has 0 aliphatic heterocycles. The minimum atomic E-state index is -4.74. The Morgan fingerprint density at radius 1 is 1.00 bits per heavy atom. The summed E-state index contributed by atoms with van der Waals surface area (Å²) in [4.78, 5) is 0. The molecule has 0 radical (unpaired) electrons. The van der Waals surface area contributed by atoms with Crippen molar-refractivity contribution < 1.29 is 22.6 Å². The average molecular weight is 283 g/mol. The first-order valence-electron chi connectivity index (χ1n) is 5.69. The second-order valence-corrected chi connectivity index (χ2v) is 4.00. The number of ether oxygens (including phenoxy) is 2. The van der Waals surface area contributed by atoms with Gasteiger partial charge in [0.15, 0.2) is 0 Å². The maximum absolute atomic E-state index is 12.2. The van der Waals surface area contributed by atoms with E-state index in [2.05, 4.69) is 4.74 Å². The first kappa shape index (κ1) is 14.0. The highest BCUT2D eigenvalue weighted by molar-refractivity contribution is 5.80. The van der Waals surface area contributed by atoms with Crippen LogP contribution < -0.4 is 15.2 Å². The number of hydrogen-bond acceptors (Lipinski definition) is 3. The average Bonchev–Trinajstić information content (AvgIpc) is 2.38. The second kappa shape index (κ2) is 5.32. The lowest BCUT2D eigenvalue weighted by molar-refractivity contribution is -0.274. The SMILES string of the molecule is COc1cc(OC(F)(F)F)ccc1-c1ccccc1N. The predicted molar refractivity (Wildman–Crippen MR) is 69.5 cm³/mol. The molecule has 0 bridgehead atoms. The van der Waals surface area contributed by atoms with E-state index in [9.17, 15) is 13.2 Å². The number of halogens is 3. The predicted octanol–water partition coefficient (Wildman–Crippen LogP) is 3.84. The van der Waals surface area contributed by atoms with Crippen LogP contribution in [0.5, 0.6) is 11.5 Å². The van der Waals surface area contributed by atoms with Gasteiger partial charge in [0.2, 0.25) is 0 Å². The highest BCUT2D eigenvalue weighted by Gasteiger charge is 2.31. The number of hydrogen-bond donors (Lipinski definition) is 1. The number of methoxy groups -OCH3 is 1. The molecule has 0 aromatic heterocycles. The van der Waals surface area contributed by atoms with Crippen LogP contribution in [0, 0.1) is 0 Å². The molecule has 0 fully saturated rings. The van der Waals surface area contributed by atoms with Gasteiger partial charge in [-0.05, 0) is 18.2 Å². The van der Waals surface area contributed by atoms with Crippen LogP contribution in [0.15, 0.2) is 42.5 Å². The Kier molecular flexibility index (Phi) is 3.74. The third-order valence-electron chi connectivity index (χ3n) is 2.66. The molecule has 2 aromatic rings. The van der Waals surface area contributed by atoms with E-state index in [0.29, 0.717) is 16.8 Å². The summed E-state index contributed by atoms with van der Waals surface area (Å²) in [5.74, 6) is -0.0859. The molecule has 106 valence electrons. The summed E-state index contributed by atoms with van der Waals surface area (Å²) in [6.07, 6.45) is -4.74. The van der Waals surface area contributed by atoms with Crippen molar-refractivity contribution in [3.63, 3.8) is 0 Å². The Balaban J connectivity index is 2.44. The summed E-state index contributed by atoms with van der Waals surface area (Å²) in [7, 11) is 1.37. The normalized spacial score (nSPS) is 11.2. The molecule has 0 atom stereocenters. The minimum absolute atomic E-state index is 0.254. The van der Waals surface area contributed by atoms with E-state index in [-0.39, 0.29) is 11.5 Å². The summed E-state index contributed by atoms with van der Waals surface area (Å²) in [5, 5.41) is 0. The smallest absolute Gasteiger partial charge is 0.496 e. The van der Waals surface area contributed by atoms with E-state index in [1.165, 1.54) is 25.3 Å². The van der Waals surface area contributed by atoms with Gasteiger partial charge in [0.25, 0.3) is 0 Å². The van der Waals surface area contributed by atoms with Gasteiger partial charge in [-0.15, -0.1) is 13.2 Å². The topological polar surface area (TPSA) is 44.5 Å². The van der Waals surface area contributed by atoms with Crippen molar-refractivity contribution in [1.82, 2.24) is 0 Å². The highest BCUT2D eigenvalue weighted by atomic mass is 19.4. The van der Waals surface area contributed by atoms with E-state index >= 15 is 0 Å². The molecule has 2 rings (SSSR count). The van der Waals surface area contributed by atoms with Crippen molar-refractivity contribution in [1.29, 1.82) is 0 Å². The van der Waals surface area contributed by atoms with Crippen LogP contribution in [0.3, 0.4) is 0 Å². The Morgan fingerprint density at radius 3 is 2.30 bits per heavy atom. The summed E-state index contributed by atoms with van der Waals surface area (Å²) in [6.45, 7) is 0. The third kappa shape index (κ3) is 3.14. The molecule has 0 heterocycles. The number of rotatable bonds is 3. The summed E-state index contributed by atoms with van der Waals surface area (Å²) < 4.78 is 45.5. The second-order valence-electron chi connectivity index (χ2n) is 4.00. The Hall–Kier alpha value is -2.37.